The summed E-state index contributed by atoms with van der Waals surface area (Å²) in [5.74, 6) is 1.66. The van der Waals surface area contributed by atoms with Gasteiger partial charge in [0.15, 0.2) is 0 Å². The quantitative estimate of drug-likeness (QED) is 0.837. The maximum Gasteiger partial charge on any atom is 0.251 e. The van der Waals surface area contributed by atoms with Gasteiger partial charge in [0.1, 0.15) is 17.2 Å². The molecule has 0 aliphatic rings. The first-order valence-corrected chi connectivity index (χ1v) is 7.84. The molecule has 0 atom stereocenters. The molecule has 0 fully saturated rings. The van der Waals surface area contributed by atoms with Crippen molar-refractivity contribution in [1.29, 1.82) is 0 Å². The van der Waals surface area contributed by atoms with Crippen molar-refractivity contribution in [3.63, 3.8) is 0 Å². The molecular formula is C19H24N2O4. The summed E-state index contributed by atoms with van der Waals surface area (Å²) in [6, 6.07) is 11.0. The van der Waals surface area contributed by atoms with Crippen LogP contribution in [0.25, 0.3) is 0 Å². The Hall–Kier alpha value is -2.89. The van der Waals surface area contributed by atoms with Crippen LogP contribution in [0.15, 0.2) is 36.4 Å². The average molecular weight is 344 g/mol. The summed E-state index contributed by atoms with van der Waals surface area (Å²) in [5.41, 5.74) is 2.31. The van der Waals surface area contributed by atoms with Crippen LogP contribution >= 0.6 is 0 Å². The Morgan fingerprint density at radius 3 is 2.16 bits per heavy atom. The summed E-state index contributed by atoms with van der Waals surface area (Å²) in [5, 5.41) is 2.91. The van der Waals surface area contributed by atoms with Gasteiger partial charge in [0, 0.05) is 37.5 Å². The van der Waals surface area contributed by atoms with Crippen LogP contribution in [0.3, 0.4) is 0 Å². The van der Waals surface area contributed by atoms with Crippen molar-refractivity contribution in [2.75, 3.05) is 40.3 Å². The fourth-order valence-electron chi connectivity index (χ4n) is 2.45. The number of hydrogen-bond acceptors (Lipinski definition) is 5. The Morgan fingerprint density at radius 1 is 1.00 bits per heavy atom. The number of benzene rings is 2. The van der Waals surface area contributed by atoms with Gasteiger partial charge in [-0.25, -0.2) is 0 Å². The highest BCUT2D eigenvalue weighted by molar-refractivity contribution is 5.95. The van der Waals surface area contributed by atoms with E-state index in [1.165, 1.54) is 0 Å². The molecule has 0 bridgehead atoms. The number of ether oxygens (including phenoxy) is 3. The van der Waals surface area contributed by atoms with Crippen molar-refractivity contribution >= 4 is 11.6 Å². The zero-order chi connectivity index (χ0) is 18.4. The van der Waals surface area contributed by atoms with E-state index in [4.69, 9.17) is 14.2 Å². The molecule has 0 unspecified atom stereocenters. The summed E-state index contributed by atoms with van der Waals surface area (Å²) in [7, 11) is 8.59. The number of amides is 1. The third-order valence-corrected chi connectivity index (χ3v) is 3.87. The molecule has 2 aromatic rings. The summed E-state index contributed by atoms with van der Waals surface area (Å²) < 4.78 is 16.0. The van der Waals surface area contributed by atoms with Crippen molar-refractivity contribution in [2.24, 2.45) is 0 Å². The minimum atomic E-state index is -0.163. The lowest BCUT2D eigenvalue weighted by molar-refractivity contribution is 0.0950. The smallest absolute Gasteiger partial charge is 0.251 e. The highest BCUT2D eigenvalue weighted by Gasteiger charge is 2.15. The SMILES string of the molecule is COc1cc(OC)c(CNC(=O)c2cccc(N(C)C)c2)c(OC)c1. The third-order valence-electron chi connectivity index (χ3n) is 3.87. The molecule has 1 amide bonds. The molecule has 6 heteroatoms. The van der Waals surface area contributed by atoms with Gasteiger partial charge in [0.05, 0.1) is 33.4 Å². The first-order valence-electron chi connectivity index (χ1n) is 7.84. The lowest BCUT2D eigenvalue weighted by atomic mass is 10.1. The Morgan fingerprint density at radius 2 is 1.64 bits per heavy atom. The number of anilines is 1. The maximum absolute atomic E-state index is 12.5. The fraction of sp³-hybridized carbons (Fsp3) is 0.316. The molecule has 0 heterocycles. The summed E-state index contributed by atoms with van der Waals surface area (Å²) in [6.07, 6.45) is 0. The molecule has 0 saturated carbocycles. The highest BCUT2D eigenvalue weighted by atomic mass is 16.5. The third kappa shape index (κ3) is 4.35. The van der Waals surface area contributed by atoms with Gasteiger partial charge < -0.3 is 24.4 Å². The molecule has 2 rings (SSSR count). The number of methoxy groups -OCH3 is 3. The molecule has 0 aliphatic carbocycles. The average Bonchev–Trinajstić information content (AvgIpc) is 2.65. The van der Waals surface area contributed by atoms with Crippen LogP contribution < -0.4 is 24.4 Å². The van der Waals surface area contributed by atoms with E-state index in [1.54, 1.807) is 39.5 Å². The lowest BCUT2D eigenvalue weighted by Gasteiger charge is -2.16. The second kappa shape index (κ2) is 8.28. The van der Waals surface area contributed by atoms with Gasteiger partial charge >= 0.3 is 0 Å². The van der Waals surface area contributed by atoms with Crippen LogP contribution in [0, 0.1) is 0 Å². The Balaban J connectivity index is 2.20. The van der Waals surface area contributed by atoms with Gasteiger partial charge in [-0.15, -0.1) is 0 Å². The Labute approximate surface area is 148 Å². The largest absolute Gasteiger partial charge is 0.496 e. The molecule has 0 aliphatic heterocycles. The normalized spacial score (nSPS) is 10.1. The van der Waals surface area contributed by atoms with E-state index in [0.717, 1.165) is 11.3 Å². The van der Waals surface area contributed by atoms with Crippen molar-refractivity contribution in [3.05, 3.63) is 47.5 Å². The van der Waals surface area contributed by atoms with Crippen LogP contribution in [0.1, 0.15) is 15.9 Å². The summed E-state index contributed by atoms with van der Waals surface area (Å²) in [6.45, 7) is 0.279. The highest BCUT2D eigenvalue weighted by Crippen LogP contribution is 2.33. The van der Waals surface area contributed by atoms with Gasteiger partial charge in [-0.05, 0) is 18.2 Å². The second-order valence-corrected chi connectivity index (χ2v) is 5.64. The van der Waals surface area contributed by atoms with Crippen molar-refractivity contribution in [2.45, 2.75) is 6.54 Å². The predicted molar refractivity (Wildman–Crippen MR) is 98.0 cm³/mol. The number of nitrogens with zero attached hydrogens (tertiary/aromatic N) is 1. The van der Waals surface area contributed by atoms with Gasteiger partial charge in [-0.3, -0.25) is 4.79 Å². The van der Waals surface area contributed by atoms with Crippen LogP contribution in [-0.4, -0.2) is 41.3 Å². The van der Waals surface area contributed by atoms with E-state index in [-0.39, 0.29) is 12.5 Å². The molecule has 134 valence electrons. The van der Waals surface area contributed by atoms with Crippen molar-refractivity contribution in [1.82, 2.24) is 5.32 Å². The van der Waals surface area contributed by atoms with Crippen molar-refractivity contribution < 1.29 is 19.0 Å². The van der Waals surface area contributed by atoms with Crippen molar-refractivity contribution in [3.8, 4) is 17.2 Å². The molecule has 2 aromatic carbocycles. The number of rotatable bonds is 7. The second-order valence-electron chi connectivity index (χ2n) is 5.64. The number of nitrogens with one attached hydrogen (secondary N) is 1. The van der Waals surface area contributed by atoms with Crippen LogP contribution in [-0.2, 0) is 6.54 Å². The molecule has 0 spiro atoms. The number of hydrogen-bond donors (Lipinski definition) is 1. The Bertz CT molecular complexity index is 719. The van der Waals surface area contributed by atoms with E-state index >= 15 is 0 Å². The molecular weight excluding hydrogens is 320 g/mol. The van der Waals surface area contributed by atoms with E-state index < -0.39 is 0 Å². The molecule has 0 radical (unpaired) electrons. The first-order chi connectivity index (χ1) is 12.0. The summed E-state index contributed by atoms with van der Waals surface area (Å²) >= 11 is 0. The van der Waals surface area contributed by atoms with Crippen LogP contribution in [0.4, 0.5) is 5.69 Å². The zero-order valence-corrected chi connectivity index (χ0v) is 15.3. The maximum atomic E-state index is 12.5. The van der Waals surface area contributed by atoms with E-state index in [9.17, 15) is 4.79 Å². The van der Waals surface area contributed by atoms with E-state index in [2.05, 4.69) is 5.32 Å². The van der Waals surface area contributed by atoms with E-state index in [0.29, 0.717) is 22.8 Å². The monoisotopic (exact) mass is 344 g/mol. The molecule has 0 aromatic heterocycles. The Kier molecular flexibility index (Phi) is 6.11. The molecule has 1 N–H and O–H groups in total. The van der Waals surface area contributed by atoms with Gasteiger partial charge in [0.25, 0.3) is 5.91 Å². The minimum Gasteiger partial charge on any atom is -0.496 e. The van der Waals surface area contributed by atoms with Crippen LogP contribution in [0.2, 0.25) is 0 Å². The van der Waals surface area contributed by atoms with Gasteiger partial charge in [0.2, 0.25) is 0 Å². The summed E-state index contributed by atoms with van der Waals surface area (Å²) in [4.78, 5) is 14.4. The molecule has 6 nitrogen and oxygen atoms in total. The van der Waals surface area contributed by atoms with Gasteiger partial charge in [-0.2, -0.15) is 0 Å². The van der Waals surface area contributed by atoms with Gasteiger partial charge in [-0.1, -0.05) is 6.07 Å². The number of carbonyl (C=O) groups excluding carboxylic acids is 1. The molecule has 0 saturated heterocycles. The predicted octanol–water partition coefficient (Wildman–Crippen LogP) is 2.71. The number of carbonyl (C=O) groups is 1. The first kappa shape index (κ1) is 18.4. The van der Waals surface area contributed by atoms with Crippen LogP contribution in [0.5, 0.6) is 17.2 Å². The zero-order valence-electron chi connectivity index (χ0n) is 15.3. The molecule has 25 heavy (non-hydrogen) atoms. The fourth-order valence-corrected chi connectivity index (χ4v) is 2.45. The lowest BCUT2D eigenvalue weighted by Crippen LogP contribution is -2.23. The van der Waals surface area contributed by atoms with E-state index in [1.807, 2.05) is 37.2 Å². The standard InChI is InChI=1S/C19H24N2O4/c1-21(2)14-8-6-7-13(9-14)19(22)20-12-16-17(24-4)10-15(23-3)11-18(16)25-5/h6-11H,12H2,1-5H3,(H,20,22). The topological polar surface area (TPSA) is 60.0 Å². The minimum absolute atomic E-state index is 0.163.